The summed E-state index contributed by atoms with van der Waals surface area (Å²) in [5.41, 5.74) is 1.33. The molecule has 0 spiro atoms. The number of carbonyl (C=O) groups excluding carboxylic acids is 1. The van der Waals surface area contributed by atoms with E-state index in [1.165, 1.54) is 5.56 Å². The summed E-state index contributed by atoms with van der Waals surface area (Å²) < 4.78 is 0. The van der Waals surface area contributed by atoms with Gasteiger partial charge in [0.15, 0.2) is 0 Å². The van der Waals surface area contributed by atoms with Gasteiger partial charge in [-0.05, 0) is 35.9 Å². The predicted octanol–water partition coefficient (Wildman–Crippen LogP) is 3.73. The van der Waals surface area contributed by atoms with Crippen molar-refractivity contribution in [3.63, 3.8) is 0 Å². The van der Waals surface area contributed by atoms with Crippen LogP contribution in [0.15, 0.2) is 30.3 Å². The van der Waals surface area contributed by atoms with Crippen LogP contribution in [0.5, 0.6) is 0 Å². The number of halogens is 1. The fourth-order valence-corrected chi connectivity index (χ4v) is 1.63. The molecule has 0 amide bonds. The maximum Gasteiger partial charge on any atom is 0.221 e. The highest BCUT2D eigenvalue weighted by molar-refractivity contribution is 6.63. The molecule has 2 heteroatoms. The molecule has 0 aliphatic carbocycles. The average molecular weight is 211 g/mol. The maximum absolute atomic E-state index is 10.5. The second-order valence-corrected chi connectivity index (χ2v) is 3.98. The van der Waals surface area contributed by atoms with Crippen LogP contribution in [0.2, 0.25) is 0 Å². The average Bonchev–Trinajstić information content (AvgIpc) is 2.18. The zero-order valence-electron chi connectivity index (χ0n) is 8.37. The van der Waals surface area contributed by atoms with Gasteiger partial charge < -0.3 is 0 Å². The predicted molar refractivity (Wildman–Crippen MR) is 59.6 cm³/mol. The molecule has 0 aromatic heterocycles. The smallest absolute Gasteiger partial charge is 0.221 e. The Morgan fingerprint density at radius 3 is 2.57 bits per heavy atom. The van der Waals surface area contributed by atoms with Gasteiger partial charge in [0.2, 0.25) is 5.24 Å². The fourth-order valence-electron chi connectivity index (χ4n) is 1.50. The number of rotatable bonds is 5. The van der Waals surface area contributed by atoms with Crippen molar-refractivity contribution in [2.45, 2.75) is 32.1 Å². The summed E-state index contributed by atoms with van der Waals surface area (Å²) in [5.74, 6) is 0.507. The van der Waals surface area contributed by atoms with Crippen LogP contribution in [0.3, 0.4) is 0 Å². The molecule has 0 radical (unpaired) electrons. The molecule has 0 saturated heterocycles. The Balaban J connectivity index is 2.36. The molecule has 0 bridgehead atoms. The monoisotopic (exact) mass is 210 g/mol. The highest BCUT2D eigenvalue weighted by Gasteiger charge is 2.05. The SMILES string of the molecule is CC(CCCC(=O)Cl)c1ccccc1. The van der Waals surface area contributed by atoms with Crippen molar-refractivity contribution in [3.8, 4) is 0 Å². The molecule has 76 valence electrons. The molecule has 0 aliphatic heterocycles. The summed E-state index contributed by atoms with van der Waals surface area (Å²) in [4.78, 5) is 10.5. The molecule has 1 rings (SSSR count). The molecular weight excluding hydrogens is 196 g/mol. The van der Waals surface area contributed by atoms with Gasteiger partial charge in [0.1, 0.15) is 0 Å². The molecule has 0 saturated carbocycles. The van der Waals surface area contributed by atoms with E-state index in [1.807, 2.05) is 18.2 Å². The molecule has 0 N–H and O–H groups in total. The molecular formula is C12H15ClO. The lowest BCUT2D eigenvalue weighted by atomic mass is 9.96. The minimum absolute atomic E-state index is 0.231. The highest BCUT2D eigenvalue weighted by Crippen LogP contribution is 2.20. The lowest BCUT2D eigenvalue weighted by Gasteiger charge is -2.10. The Morgan fingerprint density at radius 1 is 1.36 bits per heavy atom. The Labute approximate surface area is 90.1 Å². The van der Waals surface area contributed by atoms with E-state index in [-0.39, 0.29) is 5.24 Å². The number of hydrogen-bond donors (Lipinski definition) is 0. The topological polar surface area (TPSA) is 17.1 Å². The van der Waals surface area contributed by atoms with Crippen LogP contribution >= 0.6 is 11.6 Å². The van der Waals surface area contributed by atoms with Crippen molar-refractivity contribution in [2.75, 3.05) is 0 Å². The fraction of sp³-hybridized carbons (Fsp3) is 0.417. The van der Waals surface area contributed by atoms with Crippen molar-refractivity contribution in [3.05, 3.63) is 35.9 Å². The van der Waals surface area contributed by atoms with Crippen LogP contribution < -0.4 is 0 Å². The molecule has 0 heterocycles. The number of hydrogen-bond acceptors (Lipinski definition) is 1. The summed E-state index contributed by atoms with van der Waals surface area (Å²) in [7, 11) is 0. The second-order valence-electron chi connectivity index (χ2n) is 3.56. The summed E-state index contributed by atoms with van der Waals surface area (Å²) in [6.07, 6.45) is 2.37. The van der Waals surface area contributed by atoms with Gasteiger partial charge in [-0.1, -0.05) is 37.3 Å². The van der Waals surface area contributed by atoms with E-state index in [0.29, 0.717) is 12.3 Å². The molecule has 0 aliphatic rings. The van der Waals surface area contributed by atoms with Gasteiger partial charge in [-0.25, -0.2) is 0 Å². The molecule has 1 atom stereocenters. The van der Waals surface area contributed by atoms with Crippen LogP contribution in [0.1, 0.15) is 37.7 Å². The quantitative estimate of drug-likeness (QED) is 0.677. The maximum atomic E-state index is 10.5. The number of benzene rings is 1. The largest absolute Gasteiger partial charge is 0.281 e. The van der Waals surface area contributed by atoms with E-state index in [4.69, 9.17) is 11.6 Å². The van der Waals surface area contributed by atoms with Gasteiger partial charge in [0, 0.05) is 6.42 Å². The molecule has 1 nitrogen and oxygen atoms in total. The van der Waals surface area contributed by atoms with Crippen LogP contribution in [0, 0.1) is 0 Å². The van der Waals surface area contributed by atoms with Gasteiger partial charge in [-0.15, -0.1) is 0 Å². The Bertz CT molecular complexity index is 282. The second kappa shape index (κ2) is 5.82. The first-order valence-corrected chi connectivity index (χ1v) is 5.31. The summed E-state index contributed by atoms with van der Waals surface area (Å²) >= 11 is 5.27. The third-order valence-electron chi connectivity index (χ3n) is 2.38. The van der Waals surface area contributed by atoms with Crippen molar-refractivity contribution < 1.29 is 4.79 Å². The van der Waals surface area contributed by atoms with Crippen LogP contribution in [-0.4, -0.2) is 5.24 Å². The third-order valence-corrected chi connectivity index (χ3v) is 2.57. The third kappa shape index (κ3) is 3.93. The highest BCUT2D eigenvalue weighted by atomic mass is 35.5. The van der Waals surface area contributed by atoms with Crippen molar-refractivity contribution >= 4 is 16.8 Å². The van der Waals surface area contributed by atoms with E-state index in [0.717, 1.165) is 12.8 Å². The van der Waals surface area contributed by atoms with E-state index in [1.54, 1.807) is 0 Å². The minimum Gasteiger partial charge on any atom is -0.281 e. The van der Waals surface area contributed by atoms with Gasteiger partial charge >= 0.3 is 0 Å². The van der Waals surface area contributed by atoms with Gasteiger partial charge in [-0.2, -0.15) is 0 Å². The van der Waals surface area contributed by atoms with Crippen LogP contribution in [-0.2, 0) is 4.79 Å². The normalized spacial score (nSPS) is 12.4. The molecule has 0 fully saturated rings. The van der Waals surface area contributed by atoms with Gasteiger partial charge in [0.05, 0.1) is 0 Å². The summed E-state index contributed by atoms with van der Waals surface area (Å²) in [6, 6.07) is 10.3. The van der Waals surface area contributed by atoms with E-state index < -0.39 is 0 Å². The molecule has 14 heavy (non-hydrogen) atoms. The van der Waals surface area contributed by atoms with Crippen molar-refractivity contribution in [2.24, 2.45) is 0 Å². The first-order valence-electron chi connectivity index (χ1n) is 4.93. The first-order chi connectivity index (χ1) is 6.70. The van der Waals surface area contributed by atoms with E-state index in [2.05, 4.69) is 19.1 Å². The Kier molecular flexibility index (Phi) is 4.68. The van der Waals surface area contributed by atoms with Crippen LogP contribution in [0.25, 0.3) is 0 Å². The summed E-state index contributed by atoms with van der Waals surface area (Å²) in [5, 5.41) is -0.231. The Morgan fingerprint density at radius 2 is 2.00 bits per heavy atom. The molecule has 1 aromatic rings. The molecule has 1 unspecified atom stereocenters. The standard InChI is InChI=1S/C12H15ClO/c1-10(6-5-9-12(13)14)11-7-3-2-4-8-11/h2-4,7-8,10H,5-6,9H2,1H3. The van der Waals surface area contributed by atoms with E-state index >= 15 is 0 Å². The molecule has 1 aromatic carbocycles. The zero-order chi connectivity index (χ0) is 10.4. The van der Waals surface area contributed by atoms with Crippen molar-refractivity contribution in [1.29, 1.82) is 0 Å². The lowest BCUT2D eigenvalue weighted by Crippen LogP contribution is -1.95. The Hall–Kier alpha value is -0.820. The minimum atomic E-state index is -0.231. The summed E-state index contributed by atoms with van der Waals surface area (Å²) in [6.45, 7) is 2.17. The number of carbonyl (C=O) groups is 1. The van der Waals surface area contributed by atoms with E-state index in [9.17, 15) is 4.79 Å². The lowest BCUT2D eigenvalue weighted by molar-refractivity contribution is -0.111. The van der Waals surface area contributed by atoms with Crippen LogP contribution in [0.4, 0.5) is 0 Å². The zero-order valence-corrected chi connectivity index (χ0v) is 9.13. The van der Waals surface area contributed by atoms with Crippen molar-refractivity contribution in [1.82, 2.24) is 0 Å². The first kappa shape index (κ1) is 11.3. The van der Waals surface area contributed by atoms with Gasteiger partial charge in [0.25, 0.3) is 0 Å². The van der Waals surface area contributed by atoms with Gasteiger partial charge in [-0.3, -0.25) is 4.79 Å².